The van der Waals surface area contributed by atoms with Crippen LogP contribution in [-0.2, 0) is 6.18 Å². The number of hydrogen-bond donors (Lipinski definition) is 0. The molecule has 0 atom stereocenters. The van der Waals surface area contributed by atoms with Gasteiger partial charge in [-0.2, -0.15) is 18.3 Å². The molecule has 0 N–H and O–H groups in total. The quantitative estimate of drug-likeness (QED) is 0.761. The van der Waals surface area contributed by atoms with Gasteiger partial charge in [-0.05, 0) is 28.1 Å². The van der Waals surface area contributed by atoms with E-state index >= 15 is 0 Å². The number of carbonyl (C=O) groups excluding carboxylic acids is 1. The first-order chi connectivity index (χ1) is 8.86. The van der Waals surface area contributed by atoms with Crippen LogP contribution < -0.4 is 0 Å². The van der Waals surface area contributed by atoms with E-state index in [1.54, 1.807) is 18.2 Å². The van der Waals surface area contributed by atoms with Gasteiger partial charge >= 0.3 is 6.18 Å². The molecule has 8 heteroatoms. The van der Waals surface area contributed by atoms with Crippen molar-refractivity contribution < 1.29 is 18.0 Å². The highest BCUT2D eigenvalue weighted by molar-refractivity contribution is 9.10. The number of aromatic nitrogens is 2. The fourth-order valence-electron chi connectivity index (χ4n) is 1.51. The van der Waals surface area contributed by atoms with Gasteiger partial charge in [-0.25, -0.2) is 4.68 Å². The Morgan fingerprint density at radius 1 is 1.32 bits per heavy atom. The molecule has 0 spiro atoms. The van der Waals surface area contributed by atoms with Crippen LogP contribution in [-0.4, -0.2) is 16.1 Å². The van der Waals surface area contributed by atoms with E-state index in [-0.39, 0.29) is 11.4 Å². The minimum absolute atomic E-state index is 0.0471. The maximum absolute atomic E-state index is 12.7. The molecule has 0 aliphatic rings. The summed E-state index contributed by atoms with van der Waals surface area (Å²) in [5.41, 5.74) is -1.67. The van der Waals surface area contributed by atoms with Crippen molar-refractivity contribution in [3.8, 4) is 5.69 Å². The lowest BCUT2D eigenvalue weighted by molar-refractivity contribution is -0.141. The van der Waals surface area contributed by atoms with Gasteiger partial charge in [-0.15, -0.1) is 0 Å². The third-order valence-electron chi connectivity index (χ3n) is 2.33. The molecule has 0 aliphatic heterocycles. The highest BCUT2D eigenvalue weighted by Crippen LogP contribution is 2.35. The van der Waals surface area contributed by atoms with E-state index in [4.69, 9.17) is 11.6 Å². The maximum atomic E-state index is 12.7. The Morgan fingerprint density at radius 3 is 2.42 bits per heavy atom. The molecule has 2 rings (SSSR count). The van der Waals surface area contributed by atoms with Crippen molar-refractivity contribution in [2.45, 2.75) is 6.18 Å². The lowest BCUT2D eigenvalue weighted by Crippen LogP contribution is -2.09. The third kappa shape index (κ3) is 2.52. The summed E-state index contributed by atoms with van der Waals surface area (Å²) in [7, 11) is 0. The van der Waals surface area contributed by atoms with Crippen molar-refractivity contribution >= 4 is 33.8 Å². The Labute approximate surface area is 119 Å². The summed E-state index contributed by atoms with van der Waals surface area (Å²) in [6, 6.07) is 6.46. The highest BCUT2D eigenvalue weighted by Gasteiger charge is 2.39. The predicted molar refractivity (Wildman–Crippen MR) is 66.7 cm³/mol. The molecule has 19 heavy (non-hydrogen) atoms. The van der Waals surface area contributed by atoms with Gasteiger partial charge in [0.05, 0.1) is 11.3 Å². The number of alkyl halides is 3. The zero-order valence-corrected chi connectivity index (χ0v) is 11.4. The van der Waals surface area contributed by atoms with E-state index in [0.29, 0.717) is 10.2 Å². The molecule has 0 saturated heterocycles. The van der Waals surface area contributed by atoms with Crippen molar-refractivity contribution in [3.63, 3.8) is 0 Å². The minimum Gasteiger partial charge on any atom is -0.298 e. The van der Waals surface area contributed by atoms with Crippen LogP contribution in [0.3, 0.4) is 0 Å². The summed E-state index contributed by atoms with van der Waals surface area (Å²) in [5, 5.41) is 3.00. The molecule has 2 aromatic rings. The Balaban J connectivity index is 2.71. The molecule has 0 amide bonds. The molecule has 1 aromatic carbocycles. The number of para-hydroxylation sites is 1. The number of halogens is 5. The smallest absolute Gasteiger partial charge is 0.298 e. The molecule has 100 valence electrons. The van der Waals surface area contributed by atoms with Crippen LogP contribution in [0.5, 0.6) is 0 Å². The van der Waals surface area contributed by atoms with Crippen molar-refractivity contribution in [2.24, 2.45) is 0 Å². The fraction of sp³-hybridized carbons (Fsp3) is 0.0909. The highest BCUT2D eigenvalue weighted by atomic mass is 79.9. The van der Waals surface area contributed by atoms with Gasteiger partial charge in [0.1, 0.15) is 5.15 Å². The topological polar surface area (TPSA) is 34.9 Å². The van der Waals surface area contributed by atoms with Gasteiger partial charge < -0.3 is 0 Å². The molecule has 3 nitrogen and oxygen atoms in total. The standard InChI is InChI=1S/C11H5BrClF3N2O/c12-7-3-1-2-4-8(7)18-10(13)6(5-19)9(17-18)11(14,15)16/h1-5H. The van der Waals surface area contributed by atoms with Crippen LogP contribution in [0, 0.1) is 0 Å². The molecule has 0 saturated carbocycles. The average Bonchev–Trinajstić information content (AvgIpc) is 2.67. The first kappa shape index (κ1) is 14.1. The summed E-state index contributed by atoms with van der Waals surface area (Å²) in [6.07, 6.45) is -4.70. The van der Waals surface area contributed by atoms with Crippen molar-refractivity contribution in [1.29, 1.82) is 0 Å². The molecule has 0 fully saturated rings. The number of rotatable bonds is 2. The summed E-state index contributed by atoms with van der Waals surface area (Å²) in [5.74, 6) is 0. The molecule has 0 unspecified atom stereocenters. The van der Waals surface area contributed by atoms with E-state index in [0.717, 1.165) is 4.68 Å². The second kappa shape index (κ2) is 4.97. The van der Waals surface area contributed by atoms with Gasteiger partial charge in [-0.3, -0.25) is 4.79 Å². The van der Waals surface area contributed by atoms with Gasteiger partial charge in [0.2, 0.25) is 0 Å². The van der Waals surface area contributed by atoms with Crippen molar-refractivity contribution in [2.75, 3.05) is 0 Å². The van der Waals surface area contributed by atoms with E-state index in [9.17, 15) is 18.0 Å². The van der Waals surface area contributed by atoms with E-state index < -0.39 is 17.4 Å². The predicted octanol–water partition coefficient (Wildman–Crippen LogP) is 4.12. The Hall–Kier alpha value is -1.34. The van der Waals surface area contributed by atoms with Crippen LogP contribution in [0.2, 0.25) is 5.15 Å². The SMILES string of the molecule is O=Cc1c(C(F)(F)F)nn(-c2ccccc2Br)c1Cl. The lowest BCUT2D eigenvalue weighted by atomic mass is 10.2. The van der Waals surface area contributed by atoms with Crippen molar-refractivity contribution in [3.05, 3.63) is 45.1 Å². The number of hydrogen-bond acceptors (Lipinski definition) is 2. The normalized spacial score (nSPS) is 11.6. The summed E-state index contributed by atoms with van der Waals surface area (Å²) < 4.78 is 39.6. The van der Waals surface area contributed by atoms with Crippen LogP contribution in [0.1, 0.15) is 16.1 Å². The zero-order chi connectivity index (χ0) is 14.2. The van der Waals surface area contributed by atoms with E-state index in [2.05, 4.69) is 21.0 Å². The van der Waals surface area contributed by atoms with Crippen LogP contribution in [0.15, 0.2) is 28.7 Å². The van der Waals surface area contributed by atoms with Crippen LogP contribution in [0.25, 0.3) is 5.69 Å². The average molecular weight is 354 g/mol. The number of nitrogens with zero attached hydrogens (tertiary/aromatic N) is 2. The van der Waals surface area contributed by atoms with E-state index in [1.807, 2.05) is 0 Å². The largest absolute Gasteiger partial charge is 0.435 e. The molecule has 0 aliphatic carbocycles. The van der Waals surface area contributed by atoms with Gasteiger partial charge in [0.25, 0.3) is 0 Å². The number of carbonyl (C=O) groups is 1. The van der Waals surface area contributed by atoms with Crippen LogP contribution >= 0.6 is 27.5 Å². The second-order valence-electron chi connectivity index (χ2n) is 3.53. The van der Waals surface area contributed by atoms with Gasteiger partial charge in [0, 0.05) is 4.47 Å². The third-order valence-corrected chi connectivity index (χ3v) is 3.36. The molecular formula is C11H5BrClF3N2O. The molecule has 1 aromatic heterocycles. The minimum atomic E-state index is -4.74. The number of benzene rings is 1. The zero-order valence-electron chi connectivity index (χ0n) is 9.08. The fourth-order valence-corrected chi connectivity index (χ4v) is 2.22. The lowest BCUT2D eigenvalue weighted by Gasteiger charge is -2.05. The Kier molecular flexibility index (Phi) is 3.69. The summed E-state index contributed by atoms with van der Waals surface area (Å²) >= 11 is 8.97. The first-order valence-corrected chi connectivity index (χ1v) is 6.09. The van der Waals surface area contributed by atoms with Gasteiger partial charge in [-0.1, -0.05) is 23.7 Å². The maximum Gasteiger partial charge on any atom is 0.435 e. The first-order valence-electron chi connectivity index (χ1n) is 4.92. The second-order valence-corrected chi connectivity index (χ2v) is 4.74. The number of aldehydes is 1. The van der Waals surface area contributed by atoms with Crippen LogP contribution in [0.4, 0.5) is 13.2 Å². The van der Waals surface area contributed by atoms with E-state index in [1.165, 1.54) is 6.07 Å². The molecule has 0 bridgehead atoms. The van der Waals surface area contributed by atoms with Crippen molar-refractivity contribution in [1.82, 2.24) is 9.78 Å². The Morgan fingerprint density at radius 2 is 1.95 bits per heavy atom. The summed E-state index contributed by atoms with van der Waals surface area (Å²) in [6.45, 7) is 0. The summed E-state index contributed by atoms with van der Waals surface area (Å²) in [4.78, 5) is 10.8. The van der Waals surface area contributed by atoms with Gasteiger partial charge in [0.15, 0.2) is 12.0 Å². The monoisotopic (exact) mass is 352 g/mol. The Bertz CT molecular complexity index is 639. The molecule has 0 radical (unpaired) electrons. The molecule has 1 heterocycles. The molecular weight excluding hydrogens is 348 g/mol.